The van der Waals surface area contributed by atoms with Crippen LogP contribution in [0.15, 0.2) is 96.1 Å². The molecule has 0 saturated carbocycles. The standard InChI is InChI=1S/C25H19N3O/c26-17-20-10-4-5-11-22(20)23-16-21(24-12-6-7-14-27-24)18-28(25(23)29)15-13-19-8-2-1-3-9-19/h1-12,14,16,18H,13,15H2. The zero-order chi connectivity index (χ0) is 20.1. The van der Waals surface area contributed by atoms with Crippen LogP contribution in [0.1, 0.15) is 11.1 Å². The number of aromatic nitrogens is 2. The third kappa shape index (κ3) is 3.99. The maximum atomic E-state index is 13.3. The fourth-order valence-electron chi connectivity index (χ4n) is 3.38. The summed E-state index contributed by atoms with van der Waals surface area (Å²) in [6.45, 7) is 0.547. The van der Waals surface area contributed by atoms with Gasteiger partial charge >= 0.3 is 0 Å². The third-order valence-corrected chi connectivity index (χ3v) is 4.87. The molecule has 0 saturated heterocycles. The van der Waals surface area contributed by atoms with Crippen molar-refractivity contribution in [3.63, 3.8) is 0 Å². The highest BCUT2D eigenvalue weighted by Gasteiger charge is 2.14. The lowest BCUT2D eigenvalue weighted by atomic mass is 9.99. The molecule has 0 unspecified atom stereocenters. The molecule has 0 amide bonds. The van der Waals surface area contributed by atoms with Gasteiger partial charge in [0, 0.05) is 35.6 Å². The van der Waals surface area contributed by atoms with Gasteiger partial charge in [-0.2, -0.15) is 5.26 Å². The molecule has 0 fully saturated rings. The number of nitrogens with zero attached hydrogens (tertiary/aromatic N) is 3. The lowest BCUT2D eigenvalue weighted by molar-refractivity contribution is 0.672. The van der Waals surface area contributed by atoms with Crippen LogP contribution in [-0.2, 0) is 13.0 Å². The van der Waals surface area contributed by atoms with E-state index in [1.54, 1.807) is 22.9 Å². The fraction of sp³-hybridized carbons (Fsp3) is 0.0800. The van der Waals surface area contributed by atoms with Crippen molar-refractivity contribution in [3.8, 4) is 28.5 Å². The van der Waals surface area contributed by atoms with Gasteiger partial charge in [-0.1, -0.05) is 54.6 Å². The van der Waals surface area contributed by atoms with E-state index in [1.807, 2.05) is 60.8 Å². The van der Waals surface area contributed by atoms with Crippen molar-refractivity contribution in [2.75, 3.05) is 0 Å². The smallest absolute Gasteiger partial charge is 0.258 e. The van der Waals surface area contributed by atoms with Crippen molar-refractivity contribution >= 4 is 0 Å². The minimum Gasteiger partial charge on any atom is -0.314 e. The third-order valence-electron chi connectivity index (χ3n) is 4.87. The van der Waals surface area contributed by atoms with Crippen LogP contribution in [0.25, 0.3) is 22.4 Å². The first-order chi connectivity index (χ1) is 14.3. The molecule has 0 aliphatic carbocycles. The summed E-state index contributed by atoms with van der Waals surface area (Å²) in [5, 5.41) is 9.51. The lowest BCUT2D eigenvalue weighted by Crippen LogP contribution is -2.23. The van der Waals surface area contributed by atoms with E-state index in [1.165, 1.54) is 5.56 Å². The molecule has 0 atom stereocenters. The molecule has 2 heterocycles. The Kier molecular flexibility index (Phi) is 5.31. The van der Waals surface area contributed by atoms with E-state index in [9.17, 15) is 10.1 Å². The van der Waals surface area contributed by atoms with Crippen molar-refractivity contribution < 1.29 is 0 Å². The zero-order valence-corrected chi connectivity index (χ0v) is 15.8. The Labute approximate surface area is 169 Å². The van der Waals surface area contributed by atoms with Crippen LogP contribution in [0.4, 0.5) is 0 Å². The highest BCUT2D eigenvalue weighted by Crippen LogP contribution is 2.25. The normalized spacial score (nSPS) is 10.4. The SMILES string of the molecule is N#Cc1ccccc1-c1cc(-c2ccccn2)cn(CCc2ccccc2)c1=O. The predicted molar refractivity (Wildman–Crippen MR) is 114 cm³/mol. The van der Waals surface area contributed by atoms with Crippen LogP contribution in [0.2, 0.25) is 0 Å². The monoisotopic (exact) mass is 377 g/mol. The van der Waals surface area contributed by atoms with E-state index in [4.69, 9.17) is 0 Å². The number of hydrogen-bond donors (Lipinski definition) is 0. The Hall–Kier alpha value is -3.97. The summed E-state index contributed by atoms with van der Waals surface area (Å²) < 4.78 is 1.72. The minimum atomic E-state index is -0.108. The Morgan fingerprint density at radius 1 is 0.897 bits per heavy atom. The van der Waals surface area contributed by atoms with E-state index in [0.717, 1.165) is 17.7 Å². The van der Waals surface area contributed by atoms with Crippen molar-refractivity contribution in [1.82, 2.24) is 9.55 Å². The molecule has 140 valence electrons. The second-order valence-electron chi connectivity index (χ2n) is 6.75. The molecule has 4 heteroatoms. The van der Waals surface area contributed by atoms with Crippen LogP contribution in [0.5, 0.6) is 0 Å². The fourth-order valence-corrected chi connectivity index (χ4v) is 3.38. The summed E-state index contributed by atoms with van der Waals surface area (Å²) in [6, 6.07) is 27.0. The van der Waals surface area contributed by atoms with Crippen LogP contribution in [0, 0.1) is 11.3 Å². The maximum absolute atomic E-state index is 13.3. The number of pyridine rings is 2. The lowest BCUT2D eigenvalue weighted by Gasteiger charge is -2.13. The van der Waals surface area contributed by atoms with Gasteiger partial charge in [0.25, 0.3) is 5.56 Å². The first-order valence-corrected chi connectivity index (χ1v) is 9.45. The maximum Gasteiger partial charge on any atom is 0.258 e. The Morgan fingerprint density at radius 3 is 2.41 bits per heavy atom. The number of aryl methyl sites for hydroxylation is 2. The molecule has 0 aliphatic heterocycles. The molecule has 0 spiro atoms. The molecule has 0 aliphatic rings. The van der Waals surface area contributed by atoms with Gasteiger partial charge in [-0.25, -0.2) is 0 Å². The second kappa shape index (κ2) is 8.37. The Balaban J connectivity index is 1.84. The topological polar surface area (TPSA) is 58.7 Å². The molecular weight excluding hydrogens is 358 g/mol. The van der Waals surface area contributed by atoms with E-state index >= 15 is 0 Å². The number of benzene rings is 2. The highest BCUT2D eigenvalue weighted by atomic mass is 16.1. The van der Waals surface area contributed by atoms with Gasteiger partial charge in [-0.3, -0.25) is 9.78 Å². The van der Waals surface area contributed by atoms with E-state index in [0.29, 0.717) is 23.2 Å². The molecule has 29 heavy (non-hydrogen) atoms. The Bertz CT molecular complexity index is 1220. The molecule has 4 rings (SSSR count). The minimum absolute atomic E-state index is 0.108. The van der Waals surface area contributed by atoms with Gasteiger partial charge in [0.15, 0.2) is 0 Å². The average molecular weight is 377 g/mol. The van der Waals surface area contributed by atoms with Crippen LogP contribution >= 0.6 is 0 Å². The first kappa shape index (κ1) is 18.4. The summed E-state index contributed by atoms with van der Waals surface area (Å²) in [6.07, 6.45) is 4.33. The summed E-state index contributed by atoms with van der Waals surface area (Å²) in [5.41, 5.74) is 4.34. The van der Waals surface area contributed by atoms with Gasteiger partial charge in [0.05, 0.1) is 17.3 Å². The number of hydrogen-bond acceptors (Lipinski definition) is 3. The van der Waals surface area contributed by atoms with Gasteiger partial charge in [-0.15, -0.1) is 0 Å². The van der Waals surface area contributed by atoms with E-state index < -0.39 is 0 Å². The molecule has 0 N–H and O–H groups in total. The van der Waals surface area contributed by atoms with Crippen molar-refractivity contribution in [2.45, 2.75) is 13.0 Å². The molecule has 2 aromatic heterocycles. The van der Waals surface area contributed by atoms with Gasteiger partial charge in [-0.05, 0) is 36.2 Å². The van der Waals surface area contributed by atoms with Crippen LogP contribution in [0.3, 0.4) is 0 Å². The van der Waals surface area contributed by atoms with Crippen LogP contribution < -0.4 is 5.56 Å². The molecule has 0 radical (unpaired) electrons. The molecule has 0 bridgehead atoms. The molecule has 2 aromatic carbocycles. The van der Waals surface area contributed by atoms with Crippen molar-refractivity contribution in [3.05, 3.63) is 113 Å². The van der Waals surface area contributed by atoms with E-state index in [2.05, 4.69) is 23.2 Å². The molecule has 4 nitrogen and oxygen atoms in total. The van der Waals surface area contributed by atoms with Gasteiger partial charge in [0.1, 0.15) is 0 Å². The Morgan fingerprint density at radius 2 is 1.66 bits per heavy atom. The molecule has 4 aromatic rings. The van der Waals surface area contributed by atoms with Crippen molar-refractivity contribution in [2.24, 2.45) is 0 Å². The molecular formula is C25H19N3O. The van der Waals surface area contributed by atoms with Crippen LogP contribution in [-0.4, -0.2) is 9.55 Å². The summed E-state index contributed by atoms with van der Waals surface area (Å²) in [5.74, 6) is 0. The summed E-state index contributed by atoms with van der Waals surface area (Å²) in [4.78, 5) is 17.7. The first-order valence-electron chi connectivity index (χ1n) is 9.45. The quantitative estimate of drug-likeness (QED) is 0.507. The van der Waals surface area contributed by atoms with Gasteiger partial charge in [0.2, 0.25) is 0 Å². The number of nitriles is 1. The summed E-state index contributed by atoms with van der Waals surface area (Å²) in [7, 11) is 0. The average Bonchev–Trinajstić information content (AvgIpc) is 2.79. The zero-order valence-electron chi connectivity index (χ0n) is 15.8. The van der Waals surface area contributed by atoms with E-state index in [-0.39, 0.29) is 5.56 Å². The summed E-state index contributed by atoms with van der Waals surface area (Å²) >= 11 is 0. The van der Waals surface area contributed by atoms with Gasteiger partial charge < -0.3 is 4.57 Å². The highest BCUT2D eigenvalue weighted by molar-refractivity contribution is 5.74. The largest absolute Gasteiger partial charge is 0.314 e. The second-order valence-corrected chi connectivity index (χ2v) is 6.75. The number of rotatable bonds is 5. The predicted octanol–water partition coefficient (Wildman–Crippen LogP) is 4.69. The van der Waals surface area contributed by atoms with Crippen molar-refractivity contribution in [1.29, 1.82) is 5.26 Å².